The van der Waals surface area contributed by atoms with E-state index in [4.69, 9.17) is 9.47 Å². The van der Waals surface area contributed by atoms with Gasteiger partial charge in [0.05, 0.1) is 25.2 Å². The molecule has 0 spiro atoms. The van der Waals surface area contributed by atoms with Gasteiger partial charge in [0.1, 0.15) is 0 Å². The number of nitrogens with zero attached hydrogens (tertiary/aromatic N) is 1. The first-order valence-corrected chi connectivity index (χ1v) is 5.68. The Kier molecular flexibility index (Phi) is 4.16. The third-order valence-corrected chi connectivity index (χ3v) is 2.50. The fourth-order valence-corrected chi connectivity index (χ4v) is 1.79. The fourth-order valence-electron chi connectivity index (χ4n) is 1.79. The quantitative estimate of drug-likeness (QED) is 0.610. The zero-order valence-electron chi connectivity index (χ0n) is 11.4. The number of ether oxygens (including phenoxy) is 2. The summed E-state index contributed by atoms with van der Waals surface area (Å²) in [5.41, 5.74) is 0.692. The van der Waals surface area contributed by atoms with Gasteiger partial charge in [0, 0.05) is 5.56 Å². The zero-order chi connectivity index (χ0) is 13.9. The van der Waals surface area contributed by atoms with Crippen molar-refractivity contribution in [1.82, 2.24) is 0 Å². The van der Waals surface area contributed by atoms with E-state index in [0.717, 1.165) is 0 Å². The van der Waals surface area contributed by atoms with Crippen molar-refractivity contribution in [3.8, 4) is 11.5 Å². The fraction of sp³-hybridized carbons (Fsp3) is 0.538. The van der Waals surface area contributed by atoms with Crippen LogP contribution in [0.4, 0.5) is 5.69 Å². The molecule has 18 heavy (non-hydrogen) atoms. The van der Waals surface area contributed by atoms with Crippen molar-refractivity contribution < 1.29 is 14.4 Å². The Morgan fingerprint density at radius 2 is 1.67 bits per heavy atom. The molecule has 0 aliphatic heterocycles. The van der Waals surface area contributed by atoms with Gasteiger partial charge in [-0.15, -0.1) is 0 Å². The maximum absolute atomic E-state index is 11.1. The van der Waals surface area contributed by atoms with E-state index in [9.17, 15) is 10.1 Å². The summed E-state index contributed by atoms with van der Waals surface area (Å²) in [5.74, 6) is 0.893. The molecule has 0 fully saturated rings. The molecular weight excluding hydrogens is 234 g/mol. The molecule has 0 amide bonds. The lowest BCUT2D eigenvalue weighted by Crippen LogP contribution is -2.11. The molecule has 0 radical (unpaired) electrons. The van der Waals surface area contributed by atoms with Crippen LogP contribution in [0.15, 0.2) is 12.1 Å². The van der Waals surface area contributed by atoms with Gasteiger partial charge in [0.2, 0.25) is 0 Å². The summed E-state index contributed by atoms with van der Waals surface area (Å²) >= 11 is 0. The van der Waals surface area contributed by atoms with Gasteiger partial charge in [-0.3, -0.25) is 10.1 Å². The summed E-state index contributed by atoms with van der Waals surface area (Å²) < 4.78 is 10.3. The van der Waals surface area contributed by atoms with Crippen molar-refractivity contribution in [1.29, 1.82) is 0 Å². The van der Waals surface area contributed by atoms with Gasteiger partial charge in [-0.05, 0) is 17.9 Å². The van der Waals surface area contributed by atoms with E-state index in [-0.39, 0.29) is 16.0 Å². The molecule has 0 saturated heterocycles. The molecule has 1 aromatic carbocycles. The molecule has 5 nitrogen and oxygen atoms in total. The average Bonchev–Trinajstić information content (AvgIpc) is 2.25. The lowest BCUT2D eigenvalue weighted by molar-refractivity contribution is -0.385. The van der Waals surface area contributed by atoms with E-state index < -0.39 is 0 Å². The first kappa shape index (κ1) is 14.3. The van der Waals surface area contributed by atoms with Crippen LogP contribution in [-0.2, 0) is 6.42 Å². The van der Waals surface area contributed by atoms with E-state index in [1.807, 2.05) is 20.8 Å². The molecule has 0 aliphatic carbocycles. The number of methoxy groups -OCH3 is 2. The van der Waals surface area contributed by atoms with Gasteiger partial charge in [-0.25, -0.2) is 0 Å². The van der Waals surface area contributed by atoms with Crippen LogP contribution in [0.25, 0.3) is 0 Å². The second-order valence-corrected chi connectivity index (χ2v) is 5.33. The zero-order valence-corrected chi connectivity index (χ0v) is 11.4. The Hall–Kier alpha value is -1.78. The van der Waals surface area contributed by atoms with Gasteiger partial charge in [-0.1, -0.05) is 20.8 Å². The van der Waals surface area contributed by atoms with Crippen molar-refractivity contribution in [2.45, 2.75) is 27.2 Å². The standard InChI is InChI=1S/C13H19NO4/c1-13(2,3)8-9-6-11(17-4)12(18-5)7-10(9)14(15)16/h6-7H,8H2,1-5H3. The molecule has 0 N–H and O–H groups in total. The highest BCUT2D eigenvalue weighted by Crippen LogP contribution is 2.37. The minimum atomic E-state index is -0.386. The predicted octanol–water partition coefficient (Wildman–Crippen LogP) is 3.20. The largest absolute Gasteiger partial charge is 0.493 e. The molecule has 1 rings (SSSR count). The van der Waals surface area contributed by atoms with Crippen molar-refractivity contribution in [3.63, 3.8) is 0 Å². The highest BCUT2D eigenvalue weighted by atomic mass is 16.6. The van der Waals surface area contributed by atoms with E-state index in [1.54, 1.807) is 6.07 Å². The third-order valence-electron chi connectivity index (χ3n) is 2.50. The molecule has 1 aromatic rings. The normalized spacial score (nSPS) is 11.2. The van der Waals surface area contributed by atoms with Gasteiger partial charge >= 0.3 is 0 Å². The van der Waals surface area contributed by atoms with Gasteiger partial charge in [0.15, 0.2) is 11.5 Å². The summed E-state index contributed by atoms with van der Waals surface area (Å²) in [6.45, 7) is 6.11. The van der Waals surface area contributed by atoms with Crippen LogP contribution in [-0.4, -0.2) is 19.1 Å². The van der Waals surface area contributed by atoms with Crippen LogP contribution < -0.4 is 9.47 Å². The number of nitro benzene ring substituents is 1. The van der Waals surface area contributed by atoms with Gasteiger partial charge in [-0.2, -0.15) is 0 Å². The molecule has 0 unspecified atom stereocenters. The SMILES string of the molecule is COc1cc(CC(C)(C)C)c([N+](=O)[O-])cc1OC. The molecule has 0 aromatic heterocycles. The summed E-state index contributed by atoms with van der Waals surface area (Å²) in [7, 11) is 2.98. The topological polar surface area (TPSA) is 61.6 Å². The van der Waals surface area contributed by atoms with Crippen LogP contribution in [0.1, 0.15) is 26.3 Å². The van der Waals surface area contributed by atoms with Crippen LogP contribution in [0.5, 0.6) is 11.5 Å². The van der Waals surface area contributed by atoms with Crippen molar-refractivity contribution in [2.24, 2.45) is 5.41 Å². The molecular formula is C13H19NO4. The number of rotatable bonds is 4. The van der Waals surface area contributed by atoms with E-state index in [0.29, 0.717) is 23.5 Å². The van der Waals surface area contributed by atoms with E-state index in [2.05, 4.69) is 0 Å². The summed E-state index contributed by atoms with van der Waals surface area (Å²) in [5, 5.41) is 11.1. The Morgan fingerprint density at radius 3 is 2.06 bits per heavy atom. The second-order valence-electron chi connectivity index (χ2n) is 5.33. The van der Waals surface area contributed by atoms with Crippen LogP contribution >= 0.6 is 0 Å². The van der Waals surface area contributed by atoms with E-state index >= 15 is 0 Å². The van der Waals surface area contributed by atoms with Crippen molar-refractivity contribution in [2.75, 3.05) is 14.2 Å². The minimum Gasteiger partial charge on any atom is -0.493 e. The number of benzene rings is 1. The first-order chi connectivity index (χ1) is 8.28. The molecule has 0 saturated carbocycles. The third kappa shape index (κ3) is 3.35. The Labute approximate surface area is 107 Å². The molecule has 0 aliphatic rings. The second kappa shape index (κ2) is 5.25. The van der Waals surface area contributed by atoms with E-state index in [1.165, 1.54) is 20.3 Å². The lowest BCUT2D eigenvalue weighted by atomic mass is 9.87. The first-order valence-electron chi connectivity index (χ1n) is 5.68. The number of nitro groups is 1. The van der Waals surface area contributed by atoms with Crippen molar-refractivity contribution >= 4 is 5.69 Å². The minimum absolute atomic E-state index is 0.0373. The van der Waals surface area contributed by atoms with Gasteiger partial charge in [0.25, 0.3) is 5.69 Å². The smallest absolute Gasteiger partial charge is 0.276 e. The number of hydrogen-bond donors (Lipinski definition) is 0. The molecule has 5 heteroatoms. The number of hydrogen-bond acceptors (Lipinski definition) is 4. The molecule has 0 heterocycles. The summed E-state index contributed by atoms with van der Waals surface area (Å²) in [6.07, 6.45) is 0.601. The maximum Gasteiger partial charge on any atom is 0.276 e. The lowest BCUT2D eigenvalue weighted by Gasteiger charge is -2.19. The predicted molar refractivity (Wildman–Crippen MR) is 69.4 cm³/mol. The molecule has 0 atom stereocenters. The maximum atomic E-state index is 11.1. The van der Waals surface area contributed by atoms with Crippen LogP contribution in [0, 0.1) is 15.5 Å². The Balaban J connectivity index is 3.33. The van der Waals surface area contributed by atoms with Crippen LogP contribution in [0.3, 0.4) is 0 Å². The highest BCUT2D eigenvalue weighted by molar-refractivity contribution is 5.54. The average molecular weight is 253 g/mol. The Morgan fingerprint density at radius 1 is 1.17 bits per heavy atom. The summed E-state index contributed by atoms with van der Waals surface area (Å²) in [4.78, 5) is 10.7. The Bertz CT molecular complexity index is 449. The van der Waals surface area contributed by atoms with Gasteiger partial charge < -0.3 is 9.47 Å². The highest BCUT2D eigenvalue weighted by Gasteiger charge is 2.23. The van der Waals surface area contributed by atoms with Crippen LogP contribution in [0.2, 0.25) is 0 Å². The monoisotopic (exact) mass is 253 g/mol. The van der Waals surface area contributed by atoms with Crippen molar-refractivity contribution in [3.05, 3.63) is 27.8 Å². The summed E-state index contributed by atoms with van der Waals surface area (Å²) in [6, 6.07) is 3.10. The molecule has 0 bridgehead atoms. The molecule has 100 valence electrons.